The van der Waals surface area contributed by atoms with Crippen molar-refractivity contribution < 1.29 is 4.79 Å². The maximum atomic E-state index is 12.6. The number of amides is 1. The number of anilines is 1. The maximum absolute atomic E-state index is 12.6. The molecule has 4 heteroatoms. The number of hydrogen-bond donors (Lipinski definition) is 2. The normalized spacial score (nSPS) is 11.2. The molecule has 23 heavy (non-hydrogen) atoms. The third kappa shape index (κ3) is 2.28. The van der Waals surface area contributed by atoms with Gasteiger partial charge in [0.25, 0.3) is 5.91 Å². The zero-order valence-corrected chi connectivity index (χ0v) is 13.1. The number of rotatable bonds is 2. The molecular weight excluding hydrogens is 286 g/mol. The maximum Gasteiger partial charge on any atom is 0.255 e. The lowest BCUT2D eigenvalue weighted by Crippen LogP contribution is -2.12. The van der Waals surface area contributed by atoms with E-state index in [-0.39, 0.29) is 5.91 Å². The number of aryl methyl sites for hydroxylation is 2. The number of nitrogens with one attached hydrogen (secondary N) is 2. The molecule has 0 unspecified atom stereocenters. The molecule has 0 saturated heterocycles. The summed E-state index contributed by atoms with van der Waals surface area (Å²) in [5, 5.41) is 5.18. The monoisotopic (exact) mass is 303 g/mol. The van der Waals surface area contributed by atoms with Crippen molar-refractivity contribution in [2.24, 2.45) is 7.05 Å². The summed E-state index contributed by atoms with van der Waals surface area (Å²) in [5.74, 6) is -0.0977. The van der Waals surface area contributed by atoms with E-state index in [1.165, 1.54) is 0 Å². The van der Waals surface area contributed by atoms with E-state index in [0.29, 0.717) is 5.56 Å². The SMILES string of the molecule is Cc1cc2c(NC(=O)c3ccc4ccn(C)c4c3)cccc2[nH]1. The zero-order chi connectivity index (χ0) is 16.0. The molecule has 0 aliphatic heterocycles. The lowest BCUT2D eigenvalue weighted by molar-refractivity contribution is 0.102. The number of carbonyl (C=O) groups is 1. The summed E-state index contributed by atoms with van der Waals surface area (Å²) in [6, 6.07) is 15.7. The first kappa shape index (κ1) is 13.6. The zero-order valence-electron chi connectivity index (χ0n) is 13.1. The van der Waals surface area contributed by atoms with Crippen LogP contribution in [0.3, 0.4) is 0 Å². The molecule has 0 spiro atoms. The number of hydrogen-bond acceptors (Lipinski definition) is 1. The topological polar surface area (TPSA) is 49.8 Å². The van der Waals surface area contributed by atoms with Gasteiger partial charge in [-0.05, 0) is 48.7 Å². The minimum absolute atomic E-state index is 0.0977. The van der Waals surface area contributed by atoms with E-state index < -0.39 is 0 Å². The van der Waals surface area contributed by atoms with Crippen LogP contribution in [0.1, 0.15) is 16.1 Å². The summed E-state index contributed by atoms with van der Waals surface area (Å²) in [6.07, 6.45) is 2.00. The van der Waals surface area contributed by atoms with Crippen molar-refractivity contribution in [3.8, 4) is 0 Å². The molecule has 2 heterocycles. The van der Waals surface area contributed by atoms with Crippen LogP contribution >= 0.6 is 0 Å². The van der Waals surface area contributed by atoms with Crippen LogP contribution < -0.4 is 5.32 Å². The summed E-state index contributed by atoms with van der Waals surface area (Å²) in [5.41, 5.74) is 4.63. The Morgan fingerprint density at radius 3 is 2.87 bits per heavy atom. The Morgan fingerprint density at radius 2 is 2.00 bits per heavy atom. The summed E-state index contributed by atoms with van der Waals surface area (Å²) < 4.78 is 2.02. The van der Waals surface area contributed by atoms with Crippen LogP contribution in [0.4, 0.5) is 5.69 Å². The second-order valence-electron chi connectivity index (χ2n) is 5.87. The van der Waals surface area contributed by atoms with E-state index in [1.807, 2.05) is 73.3 Å². The smallest absolute Gasteiger partial charge is 0.255 e. The molecule has 1 amide bonds. The average Bonchev–Trinajstić information content (AvgIpc) is 3.10. The van der Waals surface area contributed by atoms with Gasteiger partial charge in [-0.3, -0.25) is 4.79 Å². The lowest BCUT2D eigenvalue weighted by Gasteiger charge is -2.07. The van der Waals surface area contributed by atoms with E-state index in [4.69, 9.17) is 0 Å². The highest BCUT2D eigenvalue weighted by atomic mass is 16.1. The van der Waals surface area contributed by atoms with Crippen molar-refractivity contribution in [2.45, 2.75) is 6.92 Å². The van der Waals surface area contributed by atoms with Crippen LogP contribution in [0.15, 0.2) is 54.7 Å². The van der Waals surface area contributed by atoms with Gasteiger partial charge in [-0.1, -0.05) is 12.1 Å². The highest BCUT2D eigenvalue weighted by Gasteiger charge is 2.11. The predicted molar refractivity (Wildman–Crippen MR) is 93.9 cm³/mol. The molecule has 0 aliphatic rings. The van der Waals surface area contributed by atoms with Gasteiger partial charge in [0.2, 0.25) is 0 Å². The van der Waals surface area contributed by atoms with Crippen molar-refractivity contribution >= 4 is 33.4 Å². The minimum Gasteiger partial charge on any atom is -0.359 e. The number of benzene rings is 2. The fourth-order valence-corrected chi connectivity index (χ4v) is 3.00. The van der Waals surface area contributed by atoms with Crippen LogP contribution in [0.25, 0.3) is 21.8 Å². The molecule has 0 radical (unpaired) electrons. The van der Waals surface area contributed by atoms with Crippen LogP contribution in [0.2, 0.25) is 0 Å². The van der Waals surface area contributed by atoms with Gasteiger partial charge in [-0.2, -0.15) is 0 Å². The molecule has 4 nitrogen and oxygen atoms in total. The molecule has 114 valence electrons. The fourth-order valence-electron chi connectivity index (χ4n) is 3.00. The molecule has 2 aromatic heterocycles. The Labute approximate surface area is 133 Å². The van der Waals surface area contributed by atoms with Gasteiger partial charge in [0, 0.05) is 40.9 Å². The first-order valence-electron chi connectivity index (χ1n) is 7.56. The van der Waals surface area contributed by atoms with Gasteiger partial charge in [-0.15, -0.1) is 0 Å². The van der Waals surface area contributed by atoms with E-state index in [1.54, 1.807) is 0 Å². The Hall–Kier alpha value is -3.01. The number of fused-ring (bicyclic) bond motifs is 2. The fraction of sp³-hybridized carbons (Fsp3) is 0.105. The third-order valence-corrected chi connectivity index (χ3v) is 4.20. The molecule has 4 aromatic rings. The molecule has 0 bridgehead atoms. The van der Waals surface area contributed by atoms with Crippen LogP contribution in [-0.2, 0) is 7.05 Å². The van der Waals surface area contributed by atoms with Crippen molar-refractivity contribution in [1.82, 2.24) is 9.55 Å². The Morgan fingerprint density at radius 1 is 1.13 bits per heavy atom. The molecule has 2 aromatic carbocycles. The molecule has 0 atom stereocenters. The van der Waals surface area contributed by atoms with Crippen LogP contribution in [-0.4, -0.2) is 15.5 Å². The molecular formula is C19H17N3O. The largest absolute Gasteiger partial charge is 0.359 e. The van der Waals surface area contributed by atoms with Gasteiger partial charge in [0.15, 0.2) is 0 Å². The molecule has 0 aliphatic carbocycles. The van der Waals surface area contributed by atoms with Crippen molar-refractivity contribution in [3.63, 3.8) is 0 Å². The minimum atomic E-state index is -0.0977. The molecule has 2 N–H and O–H groups in total. The van der Waals surface area contributed by atoms with E-state index >= 15 is 0 Å². The van der Waals surface area contributed by atoms with Crippen molar-refractivity contribution in [3.05, 3.63) is 66.0 Å². The van der Waals surface area contributed by atoms with E-state index in [9.17, 15) is 4.79 Å². The Bertz CT molecular complexity index is 1040. The first-order valence-corrected chi connectivity index (χ1v) is 7.56. The van der Waals surface area contributed by atoms with Gasteiger partial charge in [-0.25, -0.2) is 0 Å². The molecule has 0 fully saturated rings. The van der Waals surface area contributed by atoms with Gasteiger partial charge < -0.3 is 14.9 Å². The predicted octanol–water partition coefficient (Wildman–Crippen LogP) is 4.22. The third-order valence-electron chi connectivity index (χ3n) is 4.20. The number of H-pyrrole nitrogens is 1. The number of nitrogens with zero attached hydrogens (tertiary/aromatic N) is 1. The second-order valence-corrected chi connectivity index (χ2v) is 5.87. The van der Waals surface area contributed by atoms with E-state index in [0.717, 1.165) is 33.2 Å². The first-order chi connectivity index (χ1) is 11.1. The van der Waals surface area contributed by atoms with Crippen molar-refractivity contribution in [1.29, 1.82) is 0 Å². The summed E-state index contributed by atoms with van der Waals surface area (Å²) in [7, 11) is 1.98. The van der Waals surface area contributed by atoms with Gasteiger partial charge >= 0.3 is 0 Å². The number of aromatic amines is 1. The molecule has 4 rings (SSSR count). The average molecular weight is 303 g/mol. The van der Waals surface area contributed by atoms with Crippen LogP contribution in [0, 0.1) is 6.92 Å². The second kappa shape index (κ2) is 5.02. The standard InChI is InChI=1S/C19H17N3O/c1-12-10-15-16(20-12)4-3-5-17(15)21-19(23)14-7-6-13-8-9-22(2)18(13)11-14/h3-11,20H,1-2H3,(H,21,23). The lowest BCUT2D eigenvalue weighted by atomic mass is 10.1. The van der Waals surface area contributed by atoms with Crippen LogP contribution in [0.5, 0.6) is 0 Å². The van der Waals surface area contributed by atoms with Crippen molar-refractivity contribution in [2.75, 3.05) is 5.32 Å². The highest BCUT2D eigenvalue weighted by molar-refractivity contribution is 6.10. The number of aromatic nitrogens is 2. The van der Waals surface area contributed by atoms with E-state index in [2.05, 4.69) is 10.3 Å². The molecule has 0 saturated carbocycles. The quantitative estimate of drug-likeness (QED) is 0.572. The highest BCUT2D eigenvalue weighted by Crippen LogP contribution is 2.25. The summed E-state index contributed by atoms with van der Waals surface area (Å²) >= 11 is 0. The Balaban J connectivity index is 1.71. The summed E-state index contributed by atoms with van der Waals surface area (Å²) in [4.78, 5) is 15.9. The number of carbonyl (C=O) groups excluding carboxylic acids is 1. The Kier molecular flexibility index (Phi) is 2.98. The summed E-state index contributed by atoms with van der Waals surface area (Å²) in [6.45, 7) is 2.01. The van der Waals surface area contributed by atoms with Gasteiger partial charge in [0.1, 0.15) is 0 Å². The van der Waals surface area contributed by atoms with Gasteiger partial charge in [0.05, 0.1) is 5.69 Å².